The Morgan fingerprint density at radius 3 is 2.30 bits per heavy atom. The second-order valence-corrected chi connectivity index (χ2v) is 8.48. The van der Waals surface area contributed by atoms with E-state index in [-0.39, 0.29) is 11.9 Å². The number of nitrogens with zero attached hydrogens (tertiary/aromatic N) is 5. The number of hydrogen-bond donors (Lipinski definition) is 1. The Balaban J connectivity index is 1.41. The molecule has 0 spiro atoms. The fourth-order valence-electron chi connectivity index (χ4n) is 4.49. The molecule has 1 N–H and O–H groups in total. The van der Waals surface area contributed by atoms with Crippen LogP contribution < -0.4 is 4.90 Å². The van der Waals surface area contributed by atoms with E-state index in [0.717, 1.165) is 54.5 Å². The highest BCUT2D eigenvalue weighted by Gasteiger charge is 2.31. The predicted molar refractivity (Wildman–Crippen MR) is 128 cm³/mol. The summed E-state index contributed by atoms with van der Waals surface area (Å²) in [4.78, 5) is 13.8. The van der Waals surface area contributed by atoms with Gasteiger partial charge in [0.15, 0.2) is 11.0 Å². The molecule has 1 atom stereocenters. The van der Waals surface area contributed by atoms with Crippen molar-refractivity contribution in [1.82, 2.24) is 25.1 Å². The molecule has 3 heterocycles. The van der Waals surface area contributed by atoms with Crippen LogP contribution in [0.2, 0.25) is 5.15 Å². The van der Waals surface area contributed by atoms with Gasteiger partial charge in [-0.2, -0.15) is 5.10 Å². The number of piperazine rings is 1. The zero-order chi connectivity index (χ0) is 22.8. The van der Waals surface area contributed by atoms with Crippen LogP contribution in [0.1, 0.15) is 22.9 Å². The smallest absolute Gasteiger partial charge is 0.156 e. The summed E-state index contributed by atoms with van der Waals surface area (Å²) in [6.07, 6.45) is 3.38. The number of hydrogen-bond acceptors (Lipinski definition) is 5. The molecular formula is C25H24ClFN6. The molecule has 33 heavy (non-hydrogen) atoms. The third-order valence-corrected chi connectivity index (χ3v) is 6.40. The van der Waals surface area contributed by atoms with Gasteiger partial charge in [-0.3, -0.25) is 15.0 Å². The first-order valence-electron chi connectivity index (χ1n) is 10.9. The molecule has 8 heteroatoms. The second kappa shape index (κ2) is 9.29. The summed E-state index contributed by atoms with van der Waals surface area (Å²) in [5.41, 5.74) is 4.79. The molecular weight excluding hydrogens is 439 g/mol. The van der Waals surface area contributed by atoms with Gasteiger partial charge >= 0.3 is 0 Å². The van der Waals surface area contributed by atoms with Crippen molar-refractivity contribution in [3.63, 3.8) is 0 Å². The quantitative estimate of drug-likeness (QED) is 0.458. The first kappa shape index (κ1) is 21.6. The van der Waals surface area contributed by atoms with E-state index in [4.69, 9.17) is 11.6 Å². The molecule has 1 aliphatic heterocycles. The van der Waals surface area contributed by atoms with Gasteiger partial charge in [-0.05, 0) is 36.8 Å². The Morgan fingerprint density at radius 2 is 1.64 bits per heavy atom. The lowest BCUT2D eigenvalue weighted by atomic mass is 9.97. The number of rotatable bonds is 5. The van der Waals surface area contributed by atoms with Crippen LogP contribution in [0.4, 0.5) is 10.2 Å². The van der Waals surface area contributed by atoms with Crippen molar-refractivity contribution in [2.45, 2.75) is 13.0 Å². The third-order valence-electron chi connectivity index (χ3n) is 6.11. The zero-order valence-electron chi connectivity index (χ0n) is 18.2. The van der Waals surface area contributed by atoms with Crippen molar-refractivity contribution in [2.24, 2.45) is 0 Å². The van der Waals surface area contributed by atoms with Gasteiger partial charge in [-0.15, -0.1) is 0 Å². The Morgan fingerprint density at radius 1 is 0.939 bits per heavy atom. The van der Waals surface area contributed by atoms with E-state index in [9.17, 15) is 4.39 Å². The van der Waals surface area contributed by atoms with Gasteiger partial charge < -0.3 is 4.90 Å². The van der Waals surface area contributed by atoms with E-state index < -0.39 is 0 Å². The summed E-state index contributed by atoms with van der Waals surface area (Å²) in [6, 6.07) is 16.8. The minimum absolute atomic E-state index is 0.0121. The van der Waals surface area contributed by atoms with E-state index in [0.29, 0.717) is 5.15 Å². The van der Waals surface area contributed by atoms with Crippen molar-refractivity contribution in [3.8, 4) is 11.3 Å². The van der Waals surface area contributed by atoms with Crippen LogP contribution in [0.3, 0.4) is 0 Å². The van der Waals surface area contributed by atoms with Crippen LogP contribution in [0.25, 0.3) is 11.3 Å². The van der Waals surface area contributed by atoms with Gasteiger partial charge in [0.1, 0.15) is 11.5 Å². The summed E-state index contributed by atoms with van der Waals surface area (Å²) in [7, 11) is 0. The molecule has 1 saturated heterocycles. The van der Waals surface area contributed by atoms with E-state index in [2.05, 4.69) is 54.2 Å². The number of aromatic nitrogens is 4. The Bertz CT molecular complexity index is 1200. The Hall–Kier alpha value is -3.29. The minimum atomic E-state index is -0.266. The van der Waals surface area contributed by atoms with E-state index in [1.165, 1.54) is 17.7 Å². The molecule has 1 aliphatic rings. The molecule has 5 rings (SSSR count). The maximum Gasteiger partial charge on any atom is 0.156 e. The largest absolute Gasteiger partial charge is 0.352 e. The number of benzene rings is 2. The number of anilines is 1. The Kier molecular flexibility index (Phi) is 6.07. The Labute approximate surface area is 197 Å². The van der Waals surface area contributed by atoms with Gasteiger partial charge in [0.2, 0.25) is 0 Å². The summed E-state index contributed by atoms with van der Waals surface area (Å²) >= 11 is 6.51. The molecule has 0 bridgehead atoms. The van der Waals surface area contributed by atoms with Crippen molar-refractivity contribution in [3.05, 3.63) is 94.8 Å². The summed E-state index contributed by atoms with van der Waals surface area (Å²) in [5, 5.41) is 7.77. The van der Waals surface area contributed by atoms with Crippen LogP contribution in [0, 0.1) is 12.7 Å². The highest BCUT2D eigenvalue weighted by molar-refractivity contribution is 6.30. The number of halogens is 2. The van der Waals surface area contributed by atoms with E-state index >= 15 is 0 Å². The molecule has 0 aliphatic carbocycles. The summed E-state index contributed by atoms with van der Waals surface area (Å²) < 4.78 is 13.4. The van der Waals surface area contributed by atoms with Crippen molar-refractivity contribution < 1.29 is 4.39 Å². The first-order valence-corrected chi connectivity index (χ1v) is 11.3. The molecule has 0 amide bonds. The van der Waals surface area contributed by atoms with Crippen LogP contribution >= 0.6 is 11.6 Å². The fourth-order valence-corrected chi connectivity index (χ4v) is 4.77. The molecule has 0 saturated carbocycles. The number of aromatic amines is 1. The van der Waals surface area contributed by atoms with Crippen molar-refractivity contribution in [1.29, 1.82) is 0 Å². The monoisotopic (exact) mass is 462 g/mol. The molecule has 2 aromatic heterocycles. The molecule has 1 fully saturated rings. The molecule has 2 aromatic carbocycles. The minimum Gasteiger partial charge on any atom is -0.352 e. The third kappa shape index (κ3) is 4.34. The highest BCUT2D eigenvalue weighted by Crippen LogP contribution is 2.36. The van der Waals surface area contributed by atoms with Crippen LogP contribution in [-0.4, -0.2) is 51.2 Å². The average molecular weight is 463 g/mol. The number of aryl methyl sites for hydroxylation is 1. The van der Waals surface area contributed by atoms with Crippen LogP contribution in [0.15, 0.2) is 67.0 Å². The zero-order valence-corrected chi connectivity index (χ0v) is 19.0. The predicted octanol–water partition coefficient (Wildman–Crippen LogP) is 4.88. The van der Waals surface area contributed by atoms with Gasteiger partial charge in [0.25, 0.3) is 0 Å². The normalized spacial score (nSPS) is 15.5. The van der Waals surface area contributed by atoms with Gasteiger partial charge in [0, 0.05) is 55.4 Å². The molecule has 0 radical (unpaired) electrons. The van der Waals surface area contributed by atoms with Gasteiger partial charge in [-0.1, -0.05) is 41.9 Å². The standard InChI is InChI=1S/C25H24ClFN6/c1-17-21(24(26)31-30-17)23(19-5-3-2-4-6-19)32-13-15-33(16-14-32)25-22(28-11-12-29-25)18-7-9-20(27)10-8-18/h2-12,23H,13-16H2,1H3,(H,30,31). The fraction of sp³-hybridized carbons (Fsp3) is 0.240. The summed E-state index contributed by atoms with van der Waals surface area (Å²) in [6.45, 7) is 5.21. The van der Waals surface area contributed by atoms with Crippen molar-refractivity contribution >= 4 is 17.4 Å². The molecule has 6 nitrogen and oxygen atoms in total. The van der Waals surface area contributed by atoms with Gasteiger partial charge in [-0.25, -0.2) is 9.37 Å². The first-order chi connectivity index (χ1) is 16.1. The maximum atomic E-state index is 13.4. The highest BCUT2D eigenvalue weighted by atomic mass is 35.5. The van der Waals surface area contributed by atoms with Gasteiger partial charge in [0.05, 0.1) is 6.04 Å². The van der Waals surface area contributed by atoms with Crippen LogP contribution in [0.5, 0.6) is 0 Å². The van der Waals surface area contributed by atoms with E-state index in [1.807, 2.05) is 13.0 Å². The maximum absolute atomic E-state index is 13.4. The lowest BCUT2D eigenvalue weighted by molar-refractivity contribution is 0.211. The van der Waals surface area contributed by atoms with Crippen molar-refractivity contribution in [2.75, 3.05) is 31.1 Å². The average Bonchev–Trinajstić information content (AvgIpc) is 3.19. The second-order valence-electron chi connectivity index (χ2n) is 8.12. The summed E-state index contributed by atoms with van der Waals surface area (Å²) in [5.74, 6) is 0.551. The molecule has 1 unspecified atom stereocenters. The number of H-pyrrole nitrogens is 1. The van der Waals surface area contributed by atoms with Crippen LogP contribution in [-0.2, 0) is 0 Å². The topological polar surface area (TPSA) is 60.9 Å². The SMILES string of the molecule is Cc1[nH]nc(Cl)c1C(c1ccccc1)N1CCN(c2nccnc2-c2ccc(F)cc2)CC1. The lowest BCUT2D eigenvalue weighted by Crippen LogP contribution is -2.48. The molecule has 4 aromatic rings. The molecule has 168 valence electrons. The number of nitrogens with one attached hydrogen (secondary N) is 1. The van der Waals surface area contributed by atoms with E-state index in [1.54, 1.807) is 24.5 Å². The lowest BCUT2D eigenvalue weighted by Gasteiger charge is -2.40.